The Bertz CT molecular complexity index is 945. The highest BCUT2D eigenvalue weighted by molar-refractivity contribution is 5.94. The van der Waals surface area contributed by atoms with E-state index in [9.17, 15) is 22.8 Å². The van der Waals surface area contributed by atoms with E-state index in [1.165, 1.54) is 12.1 Å². The van der Waals surface area contributed by atoms with Crippen LogP contribution in [0.1, 0.15) is 15.9 Å². The molecule has 1 heterocycles. The van der Waals surface area contributed by atoms with E-state index >= 15 is 0 Å². The van der Waals surface area contributed by atoms with Gasteiger partial charge in [-0.3, -0.25) is 9.69 Å². The summed E-state index contributed by atoms with van der Waals surface area (Å²) in [6.07, 6.45) is -4.78. The van der Waals surface area contributed by atoms with E-state index in [-0.39, 0.29) is 18.1 Å². The van der Waals surface area contributed by atoms with Gasteiger partial charge in [0.2, 0.25) is 0 Å². The van der Waals surface area contributed by atoms with Crippen molar-refractivity contribution in [3.8, 4) is 17.6 Å². The number of nitrogens with zero attached hydrogens (tertiary/aromatic N) is 1. The molecular formula is C20H16F3N3O3. The van der Waals surface area contributed by atoms with E-state index in [1.54, 1.807) is 29.2 Å². The maximum atomic E-state index is 12.1. The third kappa shape index (κ3) is 5.65. The van der Waals surface area contributed by atoms with Crippen molar-refractivity contribution < 1.29 is 27.5 Å². The van der Waals surface area contributed by atoms with Crippen LogP contribution >= 0.6 is 0 Å². The zero-order valence-electron chi connectivity index (χ0n) is 15.0. The highest BCUT2D eigenvalue weighted by atomic mass is 19.4. The summed E-state index contributed by atoms with van der Waals surface area (Å²) >= 11 is 0. The van der Waals surface area contributed by atoms with E-state index in [0.717, 1.165) is 23.4 Å². The monoisotopic (exact) mass is 403 g/mol. The lowest BCUT2D eigenvalue weighted by molar-refractivity contribution is -0.274. The first-order valence-corrected chi connectivity index (χ1v) is 8.60. The van der Waals surface area contributed by atoms with Gasteiger partial charge in [-0.05, 0) is 48.5 Å². The summed E-state index contributed by atoms with van der Waals surface area (Å²) in [5.41, 5.74) is 1.68. The van der Waals surface area contributed by atoms with Crippen LogP contribution in [-0.4, -0.2) is 37.9 Å². The van der Waals surface area contributed by atoms with Crippen molar-refractivity contribution >= 4 is 17.6 Å². The molecule has 2 N–H and O–H groups in total. The molecule has 0 saturated carbocycles. The normalized spacial score (nSPS) is 13.3. The van der Waals surface area contributed by atoms with Gasteiger partial charge in [-0.1, -0.05) is 11.8 Å². The maximum absolute atomic E-state index is 12.1. The van der Waals surface area contributed by atoms with Crippen molar-refractivity contribution in [3.05, 3.63) is 59.7 Å². The Labute approximate surface area is 164 Å². The molecule has 1 aliphatic rings. The molecule has 1 fully saturated rings. The van der Waals surface area contributed by atoms with Crippen LogP contribution < -0.4 is 20.3 Å². The smallest absolute Gasteiger partial charge is 0.406 e. The first-order valence-electron chi connectivity index (χ1n) is 8.60. The summed E-state index contributed by atoms with van der Waals surface area (Å²) in [6.45, 7) is 1.29. The van der Waals surface area contributed by atoms with E-state index in [2.05, 4.69) is 27.2 Å². The summed E-state index contributed by atoms with van der Waals surface area (Å²) in [7, 11) is 0. The predicted molar refractivity (Wildman–Crippen MR) is 99.5 cm³/mol. The van der Waals surface area contributed by atoms with Gasteiger partial charge in [-0.2, -0.15) is 0 Å². The fourth-order valence-electron chi connectivity index (χ4n) is 2.62. The second kappa shape index (κ2) is 8.56. The fraction of sp³-hybridized carbons (Fsp3) is 0.200. The van der Waals surface area contributed by atoms with Crippen LogP contribution in [0.15, 0.2) is 48.5 Å². The van der Waals surface area contributed by atoms with Crippen LogP contribution in [0.25, 0.3) is 0 Å². The second-order valence-corrected chi connectivity index (χ2v) is 5.99. The molecule has 6 nitrogen and oxygen atoms in total. The lowest BCUT2D eigenvalue weighted by Gasteiger charge is -2.13. The molecule has 3 rings (SSSR count). The van der Waals surface area contributed by atoms with Crippen molar-refractivity contribution in [3.63, 3.8) is 0 Å². The Morgan fingerprint density at radius 2 is 1.83 bits per heavy atom. The van der Waals surface area contributed by atoms with E-state index < -0.39 is 18.0 Å². The van der Waals surface area contributed by atoms with Gasteiger partial charge in [0.05, 0.1) is 6.54 Å². The molecule has 0 radical (unpaired) electrons. The Morgan fingerprint density at radius 3 is 2.41 bits per heavy atom. The minimum absolute atomic E-state index is 0.0654. The van der Waals surface area contributed by atoms with Crippen LogP contribution in [0.4, 0.5) is 23.7 Å². The molecule has 0 atom stereocenters. The summed E-state index contributed by atoms with van der Waals surface area (Å²) in [4.78, 5) is 25.2. The van der Waals surface area contributed by atoms with Crippen LogP contribution in [0.5, 0.6) is 5.75 Å². The van der Waals surface area contributed by atoms with Gasteiger partial charge in [-0.25, -0.2) is 4.79 Å². The second-order valence-electron chi connectivity index (χ2n) is 5.99. The third-order valence-corrected chi connectivity index (χ3v) is 3.96. The molecule has 0 aliphatic carbocycles. The number of urea groups is 1. The zero-order chi connectivity index (χ0) is 20.9. The van der Waals surface area contributed by atoms with Gasteiger partial charge < -0.3 is 15.4 Å². The molecule has 1 saturated heterocycles. The van der Waals surface area contributed by atoms with Crippen LogP contribution in [0.3, 0.4) is 0 Å². The number of alkyl halides is 3. The van der Waals surface area contributed by atoms with E-state index in [0.29, 0.717) is 13.1 Å². The Morgan fingerprint density at radius 1 is 1.14 bits per heavy atom. The molecule has 2 aromatic carbocycles. The summed E-state index contributed by atoms with van der Waals surface area (Å²) < 4.78 is 40.1. The number of halogens is 3. The Balaban J connectivity index is 1.50. The Kier molecular flexibility index (Phi) is 5.93. The highest BCUT2D eigenvalue weighted by Crippen LogP contribution is 2.22. The number of carbonyl (C=O) groups excluding carboxylic acids is 2. The molecule has 150 valence electrons. The van der Waals surface area contributed by atoms with Crippen molar-refractivity contribution in [2.45, 2.75) is 6.36 Å². The molecule has 0 unspecified atom stereocenters. The molecule has 9 heteroatoms. The number of hydrogen-bond donors (Lipinski definition) is 2. The average Bonchev–Trinajstić information content (AvgIpc) is 3.11. The van der Waals surface area contributed by atoms with Gasteiger partial charge in [0, 0.05) is 29.9 Å². The van der Waals surface area contributed by atoms with Crippen LogP contribution in [0, 0.1) is 11.8 Å². The number of amides is 3. The first-order chi connectivity index (χ1) is 13.8. The van der Waals surface area contributed by atoms with Gasteiger partial charge in [0.25, 0.3) is 5.91 Å². The van der Waals surface area contributed by atoms with Crippen LogP contribution in [0.2, 0.25) is 0 Å². The standard InChI is InChI=1S/C20H16F3N3O3/c21-20(22,23)29-17-9-5-15(6-10-17)18(27)24-11-1-2-14-3-7-16(8-4-14)26-13-12-25-19(26)28/h3-10H,11-13H2,(H,24,27)(H,25,28). The zero-order valence-corrected chi connectivity index (χ0v) is 15.0. The Hall–Kier alpha value is -3.67. The number of carbonyl (C=O) groups is 2. The number of anilines is 1. The summed E-state index contributed by atoms with van der Waals surface area (Å²) in [5, 5.41) is 5.29. The summed E-state index contributed by atoms with van der Waals surface area (Å²) in [5.74, 6) is 4.82. The predicted octanol–water partition coefficient (Wildman–Crippen LogP) is 2.90. The minimum Gasteiger partial charge on any atom is -0.406 e. The minimum atomic E-state index is -4.78. The SMILES string of the molecule is O=C(NCC#Cc1ccc(N2CCNC2=O)cc1)c1ccc(OC(F)(F)F)cc1. The van der Waals surface area contributed by atoms with Gasteiger partial charge in [0.15, 0.2) is 0 Å². The molecule has 1 aliphatic heterocycles. The third-order valence-electron chi connectivity index (χ3n) is 3.96. The number of benzene rings is 2. The van der Waals surface area contributed by atoms with Gasteiger partial charge in [0.1, 0.15) is 5.75 Å². The van der Waals surface area contributed by atoms with Crippen molar-refractivity contribution in [1.29, 1.82) is 0 Å². The topological polar surface area (TPSA) is 70.7 Å². The highest BCUT2D eigenvalue weighted by Gasteiger charge is 2.31. The van der Waals surface area contributed by atoms with Crippen molar-refractivity contribution in [2.24, 2.45) is 0 Å². The maximum Gasteiger partial charge on any atom is 0.573 e. The quantitative estimate of drug-likeness (QED) is 0.772. The number of ether oxygens (including phenoxy) is 1. The number of hydrogen-bond acceptors (Lipinski definition) is 3. The van der Waals surface area contributed by atoms with Gasteiger partial charge in [-0.15, -0.1) is 13.2 Å². The lowest BCUT2D eigenvalue weighted by Crippen LogP contribution is -2.27. The van der Waals surface area contributed by atoms with Crippen molar-refractivity contribution in [1.82, 2.24) is 10.6 Å². The van der Waals surface area contributed by atoms with Crippen molar-refractivity contribution in [2.75, 3.05) is 24.5 Å². The lowest BCUT2D eigenvalue weighted by atomic mass is 10.2. The van der Waals surface area contributed by atoms with E-state index in [1.807, 2.05) is 0 Å². The average molecular weight is 403 g/mol. The fourth-order valence-corrected chi connectivity index (χ4v) is 2.62. The largest absolute Gasteiger partial charge is 0.573 e. The molecule has 2 aromatic rings. The molecule has 0 bridgehead atoms. The van der Waals surface area contributed by atoms with E-state index in [4.69, 9.17) is 0 Å². The first kappa shape index (κ1) is 20.1. The summed E-state index contributed by atoms with van der Waals surface area (Å²) in [6, 6.07) is 11.6. The van der Waals surface area contributed by atoms with Gasteiger partial charge >= 0.3 is 12.4 Å². The van der Waals surface area contributed by atoms with Crippen LogP contribution in [-0.2, 0) is 0 Å². The molecule has 3 amide bonds. The molecule has 29 heavy (non-hydrogen) atoms. The number of rotatable bonds is 4. The number of nitrogens with one attached hydrogen (secondary N) is 2. The molecular weight excluding hydrogens is 387 g/mol. The molecule has 0 aromatic heterocycles. The molecule has 0 spiro atoms.